The highest BCUT2D eigenvalue weighted by molar-refractivity contribution is 6.12. The molecule has 0 amide bonds. The van der Waals surface area contributed by atoms with Gasteiger partial charge in [0.25, 0.3) is 0 Å². The van der Waals surface area contributed by atoms with Gasteiger partial charge in [-0.1, -0.05) is 206 Å². The lowest BCUT2D eigenvalue weighted by atomic mass is 9.91. The summed E-state index contributed by atoms with van der Waals surface area (Å²) in [4.78, 5) is 2.35. The molecule has 0 aliphatic carbocycles. The first kappa shape index (κ1) is 38.9. The number of para-hydroxylation sites is 1. The Labute approximate surface area is 384 Å². The van der Waals surface area contributed by atoms with Crippen molar-refractivity contribution in [1.82, 2.24) is 0 Å². The van der Waals surface area contributed by atoms with Gasteiger partial charge in [0, 0.05) is 27.8 Å². The van der Waals surface area contributed by atoms with Gasteiger partial charge >= 0.3 is 0 Å². The van der Waals surface area contributed by atoms with Gasteiger partial charge in [-0.15, -0.1) is 0 Å². The number of anilines is 3. The molecule has 66 heavy (non-hydrogen) atoms. The molecule has 12 rings (SSSR count). The molecular formula is C64H43NO. The number of nitrogens with zero attached hydrogens (tertiary/aromatic N) is 1. The number of fused-ring (bicyclic) bond motifs is 4. The van der Waals surface area contributed by atoms with Gasteiger partial charge in [-0.3, -0.25) is 0 Å². The third-order valence-electron chi connectivity index (χ3n) is 12.9. The molecule has 2 nitrogen and oxygen atoms in total. The molecular weight excluding hydrogens is 799 g/mol. The third-order valence-corrected chi connectivity index (χ3v) is 12.9. The summed E-state index contributed by atoms with van der Waals surface area (Å²) < 4.78 is 6.26. The van der Waals surface area contributed by atoms with Crippen LogP contribution in [0.4, 0.5) is 17.1 Å². The molecule has 0 bridgehead atoms. The van der Waals surface area contributed by atoms with Crippen molar-refractivity contribution in [3.05, 3.63) is 261 Å². The second-order valence-electron chi connectivity index (χ2n) is 16.8. The summed E-state index contributed by atoms with van der Waals surface area (Å²) in [6, 6.07) is 93.8. The van der Waals surface area contributed by atoms with Crippen molar-refractivity contribution in [3.63, 3.8) is 0 Å². The maximum absolute atomic E-state index is 6.26. The van der Waals surface area contributed by atoms with E-state index in [1.807, 2.05) is 12.1 Å². The second kappa shape index (κ2) is 16.8. The fraction of sp³-hybridized carbons (Fsp3) is 0. The van der Waals surface area contributed by atoms with Crippen LogP contribution < -0.4 is 4.90 Å². The van der Waals surface area contributed by atoms with Crippen LogP contribution in [0.2, 0.25) is 0 Å². The Morgan fingerprint density at radius 1 is 0.242 bits per heavy atom. The van der Waals surface area contributed by atoms with Gasteiger partial charge in [-0.05, 0) is 132 Å². The quantitative estimate of drug-likeness (QED) is 0.144. The van der Waals surface area contributed by atoms with Crippen LogP contribution in [0.15, 0.2) is 265 Å². The monoisotopic (exact) mass is 841 g/mol. The number of hydrogen-bond acceptors (Lipinski definition) is 2. The average molecular weight is 842 g/mol. The number of rotatable bonds is 9. The molecule has 0 atom stereocenters. The summed E-state index contributed by atoms with van der Waals surface area (Å²) in [5.41, 5.74) is 19.3. The molecule has 11 aromatic carbocycles. The molecule has 0 aliphatic rings. The summed E-state index contributed by atoms with van der Waals surface area (Å²) >= 11 is 0. The largest absolute Gasteiger partial charge is 0.456 e. The highest BCUT2D eigenvalue weighted by Gasteiger charge is 2.17. The van der Waals surface area contributed by atoms with Crippen LogP contribution in [0.5, 0.6) is 0 Å². The zero-order valence-electron chi connectivity index (χ0n) is 36.2. The maximum atomic E-state index is 6.26. The van der Waals surface area contributed by atoms with Crippen LogP contribution in [0.25, 0.3) is 99.5 Å². The zero-order chi connectivity index (χ0) is 43.8. The molecule has 0 aliphatic heterocycles. The van der Waals surface area contributed by atoms with Crippen molar-refractivity contribution in [2.45, 2.75) is 0 Å². The number of benzene rings is 11. The van der Waals surface area contributed by atoms with Crippen molar-refractivity contribution in [3.8, 4) is 66.8 Å². The lowest BCUT2D eigenvalue weighted by Crippen LogP contribution is -2.09. The number of furan rings is 1. The predicted molar refractivity (Wildman–Crippen MR) is 279 cm³/mol. The smallest absolute Gasteiger partial charge is 0.136 e. The normalized spacial score (nSPS) is 11.3. The summed E-state index contributed by atoms with van der Waals surface area (Å²) in [6.45, 7) is 0. The van der Waals surface area contributed by atoms with Crippen molar-refractivity contribution < 1.29 is 4.42 Å². The third kappa shape index (κ3) is 7.21. The highest BCUT2D eigenvalue weighted by atomic mass is 16.3. The van der Waals surface area contributed by atoms with Crippen LogP contribution >= 0.6 is 0 Å². The van der Waals surface area contributed by atoms with E-state index in [-0.39, 0.29) is 0 Å². The fourth-order valence-corrected chi connectivity index (χ4v) is 9.63. The van der Waals surface area contributed by atoms with Gasteiger partial charge in [-0.2, -0.15) is 0 Å². The van der Waals surface area contributed by atoms with E-state index in [0.29, 0.717) is 0 Å². The molecule has 0 saturated heterocycles. The maximum Gasteiger partial charge on any atom is 0.136 e. The molecule has 1 heterocycles. The molecule has 0 radical (unpaired) electrons. The summed E-state index contributed by atoms with van der Waals surface area (Å²) in [5.74, 6) is 0. The number of hydrogen-bond donors (Lipinski definition) is 0. The zero-order valence-corrected chi connectivity index (χ0v) is 36.2. The van der Waals surface area contributed by atoms with E-state index in [1.54, 1.807) is 0 Å². The van der Waals surface area contributed by atoms with Crippen LogP contribution in [0.3, 0.4) is 0 Å². The molecule has 0 fully saturated rings. The Hall–Kier alpha value is -8.72. The van der Waals surface area contributed by atoms with Gasteiger partial charge in [-0.25, -0.2) is 0 Å². The molecule has 310 valence electrons. The molecule has 0 spiro atoms. The minimum atomic E-state index is 0.897. The predicted octanol–water partition coefficient (Wildman–Crippen LogP) is 18.2. The van der Waals surface area contributed by atoms with Crippen LogP contribution in [0.1, 0.15) is 0 Å². The minimum Gasteiger partial charge on any atom is -0.456 e. The Morgan fingerprint density at radius 3 is 1.33 bits per heavy atom. The van der Waals surface area contributed by atoms with Gasteiger partial charge in [0.1, 0.15) is 11.2 Å². The molecule has 0 unspecified atom stereocenters. The summed E-state index contributed by atoms with van der Waals surface area (Å²) in [7, 11) is 0. The van der Waals surface area contributed by atoms with E-state index in [1.165, 1.54) is 60.8 Å². The lowest BCUT2D eigenvalue weighted by Gasteiger charge is -2.26. The molecule has 0 saturated carbocycles. The van der Waals surface area contributed by atoms with E-state index in [9.17, 15) is 0 Å². The van der Waals surface area contributed by atoms with Crippen molar-refractivity contribution in [1.29, 1.82) is 0 Å². The van der Waals surface area contributed by atoms with Crippen molar-refractivity contribution >= 4 is 49.8 Å². The molecule has 2 heteroatoms. The summed E-state index contributed by atoms with van der Waals surface area (Å²) in [6.07, 6.45) is 0. The second-order valence-corrected chi connectivity index (χ2v) is 16.8. The summed E-state index contributed by atoms with van der Waals surface area (Å²) in [5, 5.41) is 4.79. The fourth-order valence-electron chi connectivity index (χ4n) is 9.63. The highest BCUT2D eigenvalue weighted by Crippen LogP contribution is 2.42. The van der Waals surface area contributed by atoms with Crippen LogP contribution in [-0.4, -0.2) is 0 Å². The van der Waals surface area contributed by atoms with E-state index in [2.05, 4.69) is 254 Å². The Bertz CT molecular complexity index is 3640. The topological polar surface area (TPSA) is 16.4 Å². The first-order valence-corrected chi connectivity index (χ1v) is 22.6. The van der Waals surface area contributed by atoms with Gasteiger partial charge in [0.15, 0.2) is 0 Å². The van der Waals surface area contributed by atoms with Gasteiger partial charge in [0.2, 0.25) is 0 Å². The average Bonchev–Trinajstić information content (AvgIpc) is 3.79. The Kier molecular flexibility index (Phi) is 9.89. The SMILES string of the molecule is c1ccc(-c2ccc(-c3ccc(N(c4ccc(-c5ccc(-c6cccc7ccccc67)cc5)cc4)c4ccc(-c5cccc6oc7ccccc7c56)cc4)cc3)cc2-c2ccccc2)cc1. The van der Waals surface area contributed by atoms with E-state index >= 15 is 0 Å². The molecule has 1 aromatic heterocycles. The van der Waals surface area contributed by atoms with E-state index < -0.39 is 0 Å². The van der Waals surface area contributed by atoms with E-state index in [4.69, 9.17) is 4.42 Å². The lowest BCUT2D eigenvalue weighted by molar-refractivity contribution is 0.669. The Balaban J connectivity index is 0.908. The first-order valence-electron chi connectivity index (χ1n) is 22.6. The van der Waals surface area contributed by atoms with Crippen molar-refractivity contribution in [2.24, 2.45) is 0 Å². The Morgan fingerprint density at radius 2 is 0.667 bits per heavy atom. The van der Waals surface area contributed by atoms with Crippen LogP contribution in [0, 0.1) is 0 Å². The standard InChI is InChI=1S/C64H43NO/c1-3-13-47(14-4-1)58-42-35-52(43-61(58)49-15-5-2-6-16-49)46-31-38-54(39-32-46)65(55-40-33-51(34-41-55)59-22-12-24-63-64(59)60-20-9-10-23-62(60)66-63)53-36-29-45(30-37-53)44-25-27-50(28-26-44)57-21-11-18-48-17-7-8-19-56(48)57/h1-43H. The molecule has 12 aromatic rings. The van der Waals surface area contributed by atoms with Gasteiger partial charge < -0.3 is 9.32 Å². The van der Waals surface area contributed by atoms with Crippen LogP contribution in [-0.2, 0) is 0 Å². The molecule has 0 N–H and O–H groups in total. The van der Waals surface area contributed by atoms with E-state index in [0.717, 1.165) is 55.7 Å². The van der Waals surface area contributed by atoms with Gasteiger partial charge in [0.05, 0.1) is 0 Å². The minimum absolute atomic E-state index is 0.897. The van der Waals surface area contributed by atoms with Crippen molar-refractivity contribution in [2.75, 3.05) is 4.90 Å². The first-order chi connectivity index (χ1) is 32.7.